The lowest BCUT2D eigenvalue weighted by molar-refractivity contribution is -0.123. The molecule has 4 rings (SSSR count). The van der Waals surface area contributed by atoms with Crippen molar-refractivity contribution in [1.29, 1.82) is 0 Å². The molecule has 0 spiro atoms. The van der Waals surface area contributed by atoms with E-state index in [2.05, 4.69) is 20.4 Å². The highest BCUT2D eigenvalue weighted by Gasteiger charge is 2.19. The van der Waals surface area contributed by atoms with Crippen LogP contribution in [0.4, 0.5) is 0 Å². The van der Waals surface area contributed by atoms with Crippen molar-refractivity contribution in [3.63, 3.8) is 0 Å². The number of nitrogens with one attached hydrogen (secondary N) is 1. The number of aromatic nitrogens is 3. The quantitative estimate of drug-likeness (QED) is 0.504. The second-order valence-corrected chi connectivity index (χ2v) is 6.57. The van der Waals surface area contributed by atoms with E-state index in [-0.39, 0.29) is 18.4 Å². The summed E-state index contributed by atoms with van der Waals surface area (Å²) in [6.07, 6.45) is 0. The standard InChI is InChI=1S/C22H20N4O4/c1-14-24-21(19-20(26-30-22(19)25-14)16-6-4-3-5-7-16)29-13-18(27)23-12-15-8-10-17(28-2)11-9-15/h3-11H,12-13H2,1-2H3,(H,23,27). The zero-order valence-corrected chi connectivity index (χ0v) is 16.6. The molecular formula is C22H20N4O4. The van der Waals surface area contributed by atoms with Gasteiger partial charge >= 0.3 is 0 Å². The van der Waals surface area contributed by atoms with Crippen LogP contribution in [0.3, 0.4) is 0 Å². The van der Waals surface area contributed by atoms with Gasteiger partial charge in [-0.05, 0) is 24.6 Å². The van der Waals surface area contributed by atoms with E-state index in [9.17, 15) is 4.79 Å². The number of fused-ring (bicyclic) bond motifs is 1. The molecule has 0 saturated carbocycles. The van der Waals surface area contributed by atoms with Gasteiger partial charge in [0.15, 0.2) is 6.61 Å². The summed E-state index contributed by atoms with van der Waals surface area (Å²) in [4.78, 5) is 20.9. The highest BCUT2D eigenvalue weighted by molar-refractivity contribution is 5.93. The molecule has 2 aromatic heterocycles. The Bertz CT molecular complexity index is 1160. The molecule has 0 fully saturated rings. The zero-order valence-electron chi connectivity index (χ0n) is 16.6. The fraction of sp³-hybridized carbons (Fsp3) is 0.182. The third kappa shape index (κ3) is 4.22. The SMILES string of the molecule is COc1ccc(CNC(=O)COc2nc(C)nc3onc(-c4ccccc4)c23)cc1. The number of carbonyl (C=O) groups is 1. The van der Waals surface area contributed by atoms with Gasteiger partial charge in [-0.1, -0.05) is 47.6 Å². The molecule has 0 unspecified atom stereocenters. The van der Waals surface area contributed by atoms with Gasteiger partial charge in [0.1, 0.15) is 22.7 Å². The summed E-state index contributed by atoms with van der Waals surface area (Å²) in [7, 11) is 1.61. The van der Waals surface area contributed by atoms with Crippen LogP contribution in [0.25, 0.3) is 22.4 Å². The van der Waals surface area contributed by atoms with Crippen LogP contribution < -0.4 is 14.8 Å². The molecule has 0 atom stereocenters. The third-order valence-electron chi connectivity index (χ3n) is 4.45. The average molecular weight is 404 g/mol. The third-order valence-corrected chi connectivity index (χ3v) is 4.45. The van der Waals surface area contributed by atoms with Crippen molar-refractivity contribution in [2.45, 2.75) is 13.5 Å². The van der Waals surface area contributed by atoms with Gasteiger partial charge in [0.05, 0.1) is 7.11 Å². The largest absolute Gasteiger partial charge is 0.497 e. The Morgan fingerprint density at radius 2 is 1.83 bits per heavy atom. The van der Waals surface area contributed by atoms with E-state index in [4.69, 9.17) is 14.0 Å². The summed E-state index contributed by atoms with van der Waals surface area (Å²) in [6.45, 7) is 1.91. The number of ether oxygens (including phenoxy) is 2. The Kier molecular flexibility index (Phi) is 5.56. The fourth-order valence-corrected chi connectivity index (χ4v) is 2.95. The van der Waals surface area contributed by atoms with Crippen molar-refractivity contribution in [1.82, 2.24) is 20.4 Å². The molecule has 2 heterocycles. The molecule has 0 aliphatic heterocycles. The summed E-state index contributed by atoms with van der Waals surface area (Å²) in [6, 6.07) is 17.0. The Hall–Kier alpha value is -3.94. The van der Waals surface area contributed by atoms with Crippen molar-refractivity contribution in [2.75, 3.05) is 13.7 Å². The van der Waals surface area contributed by atoms with Gasteiger partial charge in [-0.25, -0.2) is 0 Å². The number of aryl methyl sites for hydroxylation is 1. The molecule has 0 radical (unpaired) electrons. The van der Waals surface area contributed by atoms with Crippen LogP contribution in [0.2, 0.25) is 0 Å². The van der Waals surface area contributed by atoms with Crippen LogP contribution in [0.5, 0.6) is 11.6 Å². The number of carbonyl (C=O) groups excluding carboxylic acids is 1. The highest BCUT2D eigenvalue weighted by Crippen LogP contribution is 2.32. The summed E-state index contributed by atoms with van der Waals surface area (Å²) in [5.74, 6) is 1.22. The molecule has 0 aliphatic carbocycles. The van der Waals surface area contributed by atoms with E-state index in [1.165, 1.54) is 0 Å². The van der Waals surface area contributed by atoms with Crippen LogP contribution in [0.15, 0.2) is 59.1 Å². The van der Waals surface area contributed by atoms with Crippen molar-refractivity contribution in [3.05, 3.63) is 66.0 Å². The minimum absolute atomic E-state index is 0.193. The van der Waals surface area contributed by atoms with Crippen molar-refractivity contribution in [3.8, 4) is 22.9 Å². The molecule has 0 aliphatic rings. The zero-order chi connectivity index (χ0) is 20.9. The lowest BCUT2D eigenvalue weighted by Gasteiger charge is -2.09. The van der Waals surface area contributed by atoms with Gasteiger partial charge in [0.2, 0.25) is 5.88 Å². The van der Waals surface area contributed by atoms with Crippen LogP contribution in [0, 0.1) is 6.92 Å². The van der Waals surface area contributed by atoms with E-state index in [1.54, 1.807) is 14.0 Å². The second-order valence-electron chi connectivity index (χ2n) is 6.57. The van der Waals surface area contributed by atoms with Crippen LogP contribution in [0.1, 0.15) is 11.4 Å². The van der Waals surface area contributed by atoms with Crippen molar-refractivity contribution in [2.24, 2.45) is 0 Å². The lowest BCUT2D eigenvalue weighted by atomic mass is 10.1. The first-order valence-electron chi connectivity index (χ1n) is 9.36. The van der Waals surface area contributed by atoms with Gasteiger partial charge < -0.3 is 19.3 Å². The van der Waals surface area contributed by atoms with Crippen LogP contribution in [-0.4, -0.2) is 34.7 Å². The number of methoxy groups -OCH3 is 1. The van der Waals surface area contributed by atoms with Gasteiger partial charge in [-0.3, -0.25) is 4.79 Å². The fourth-order valence-electron chi connectivity index (χ4n) is 2.95. The van der Waals surface area contributed by atoms with E-state index < -0.39 is 0 Å². The molecule has 1 amide bonds. The van der Waals surface area contributed by atoms with E-state index in [0.29, 0.717) is 29.2 Å². The number of rotatable bonds is 7. The first-order valence-corrected chi connectivity index (χ1v) is 9.36. The van der Waals surface area contributed by atoms with E-state index >= 15 is 0 Å². The maximum Gasteiger partial charge on any atom is 0.265 e. The molecule has 8 heteroatoms. The molecule has 4 aromatic rings. The molecule has 30 heavy (non-hydrogen) atoms. The van der Waals surface area contributed by atoms with E-state index in [0.717, 1.165) is 16.9 Å². The summed E-state index contributed by atoms with van der Waals surface area (Å²) < 4.78 is 16.2. The lowest BCUT2D eigenvalue weighted by Crippen LogP contribution is -2.28. The van der Waals surface area contributed by atoms with Crippen LogP contribution >= 0.6 is 0 Å². The Morgan fingerprint density at radius 1 is 1.07 bits per heavy atom. The van der Waals surface area contributed by atoms with E-state index in [1.807, 2.05) is 54.6 Å². The predicted octanol–water partition coefficient (Wildman–Crippen LogP) is 3.30. The Balaban J connectivity index is 1.47. The number of hydrogen-bond donors (Lipinski definition) is 1. The summed E-state index contributed by atoms with van der Waals surface area (Å²) >= 11 is 0. The van der Waals surface area contributed by atoms with Gasteiger partial charge in [0.25, 0.3) is 11.6 Å². The average Bonchev–Trinajstić information content (AvgIpc) is 3.21. The van der Waals surface area contributed by atoms with Crippen LogP contribution in [-0.2, 0) is 11.3 Å². The normalized spacial score (nSPS) is 10.7. The minimum Gasteiger partial charge on any atom is -0.497 e. The van der Waals surface area contributed by atoms with Gasteiger partial charge in [-0.2, -0.15) is 9.97 Å². The second kappa shape index (κ2) is 8.60. The van der Waals surface area contributed by atoms with Gasteiger partial charge in [-0.15, -0.1) is 0 Å². The Morgan fingerprint density at radius 3 is 2.57 bits per heavy atom. The molecule has 2 aromatic carbocycles. The minimum atomic E-state index is -0.270. The first-order chi connectivity index (χ1) is 14.6. The molecular weight excluding hydrogens is 384 g/mol. The molecule has 1 N–H and O–H groups in total. The molecule has 0 bridgehead atoms. The number of hydrogen-bond acceptors (Lipinski definition) is 7. The van der Waals surface area contributed by atoms with Gasteiger partial charge in [0, 0.05) is 12.1 Å². The maximum absolute atomic E-state index is 12.3. The number of nitrogens with zero attached hydrogens (tertiary/aromatic N) is 3. The smallest absolute Gasteiger partial charge is 0.265 e. The number of amides is 1. The summed E-state index contributed by atoms with van der Waals surface area (Å²) in [5, 5.41) is 7.48. The first kappa shape index (κ1) is 19.4. The maximum atomic E-state index is 12.3. The van der Waals surface area contributed by atoms with Crippen molar-refractivity contribution >= 4 is 17.0 Å². The molecule has 0 saturated heterocycles. The topological polar surface area (TPSA) is 99.4 Å². The highest BCUT2D eigenvalue weighted by atomic mass is 16.5. The molecule has 8 nitrogen and oxygen atoms in total. The Labute approximate surface area is 172 Å². The summed E-state index contributed by atoms with van der Waals surface area (Å²) in [5.41, 5.74) is 2.68. The number of benzene rings is 2. The predicted molar refractivity (Wildman–Crippen MR) is 110 cm³/mol. The molecule has 152 valence electrons. The monoisotopic (exact) mass is 404 g/mol. The van der Waals surface area contributed by atoms with Crippen molar-refractivity contribution < 1.29 is 18.8 Å².